The van der Waals surface area contributed by atoms with Crippen LogP contribution >= 0.6 is 11.8 Å². The molecule has 102 valence electrons. The second kappa shape index (κ2) is 6.08. The Bertz CT molecular complexity index is 491. The number of rotatable bonds is 5. The summed E-state index contributed by atoms with van der Waals surface area (Å²) in [7, 11) is 0. The first-order valence-corrected chi connectivity index (χ1v) is 6.98. The van der Waals surface area contributed by atoms with Crippen molar-refractivity contribution in [3.8, 4) is 0 Å². The molecule has 0 spiro atoms. The molecule has 0 bridgehead atoms. The molecule has 2 atom stereocenters. The van der Waals surface area contributed by atoms with Gasteiger partial charge in [-0.05, 0) is 11.6 Å². The van der Waals surface area contributed by atoms with Gasteiger partial charge in [-0.25, -0.2) is 4.79 Å². The Balaban J connectivity index is 2.07. The first-order chi connectivity index (χ1) is 9.13. The number of carboxylic acids is 1. The lowest BCUT2D eigenvalue weighted by molar-refractivity contribution is -0.142. The zero-order valence-electron chi connectivity index (χ0n) is 10.2. The van der Waals surface area contributed by atoms with Gasteiger partial charge in [0.15, 0.2) is 0 Å². The minimum atomic E-state index is -1.12. The lowest BCUT2D eigenvalue weighted by Crippen LogP contribution is -2.43. The Morgan fingerprint density at radius 2 is 2.16 bits per heavy atom. The van der Waals surface area contributed by atoms with Crippen molar-refractivity contribution in [1.29, 1.82) is 0 Å². The van der Waals surface area contributed by atoms with Crippen LogP contribution in [0, 0.1) is 0 Å². The highest BCUT2D eigenvalue weighted by molar-refractivity contribution is 7.99. The van der Waals surface area contributed by atoms with Gasteiger partial charge in [-0.2, -0.15) is 0 Å². The third-order valence-electron chi connectivity index (χ3n) is 3.05. The normalized spacial score (nSPS) is 18.7. The zero-order chi connectivity index (χ0) is 13.8. The molecule has 1 aliphatic rings. The minimum absolute atomic E-state index is 0.0165. The van der Waals surface area contributed by atoms with Gasteiger partial charge in [0.1, 0.15) is 6.04 Å². The van der Waals surface area contributed by atoms with Gasteiger partial charge in [0, 0.05) is 23.7 Å². The van der Waals surface area contributed by atoms with E-state index in [9.17, 15) is 9.59 Å². The number of fused-ring (bicyclic) bond motifs is 1. The Kier molecular flexibility index (Phi) is 4.44. The van der Waals surface area contributed by atoms with E-state index in [2.05, 4.69) is 5.32 Å². The molecule has 5 nitrogen and oxygen atoms in total. The molecule has 0 aromatic heterocycles. The summed E-state index contributed by atoms with van der Waals surface area (Å²) in [5.74, 6) is -1.11. The maximum atomic E-state index is 12.1. The topological polar surface area (TPSA) is 86.6 Å². The summed E-state index contributed by atoms with van der Waals surface area (Å²) in [5, 5.41) is 20.3. The molecule has 1 amide bonds. The molecule has 1 aromatic carbocycles. The van der Waals surface area contributed by atoms with E-state index in [4.69, 9.17) is 10.2 Å². The molecular weight excluding hydrogens is 266 g/mol. The number of carbonyl (C=O) groups excluding carboxylic acids is 1. The van der Waals surface area contributed by atoms with E-state index in [0.29, 0.717) is 5.75 Å². The standard InChI is InChI=1S/C13H15NO4S/c15-6-5-10(13(17)18)14-12(16)9-7-19-11-4-2-1-3-8(9)11/h1-4,9-10,15H,5-7H2,(H,14,16)(H,17,18)/t9?,10-/m1/s1. The zero-order valence-corrected chi connectivity index (χ0v) is 11.0. The summed E-state index contributed by atoms with van der Waals surface area (Å²) in [4.78, 5) is 24.1. The van der Waals surface area contributed by atoms with E-state index in [1.807, 2.05) is 24.3 Å². The number of carboxylic acid groups (broad SMARTS) is 1. The Hall–Kier alpha value is -1.53. The molecular formula is C13H15NO4S. The van der Waals surface area contributed by atoms with Crippen molar-refractivity contribution in [3.63, 3.8) is 0 Å². The van der Waals surface area contributed by atoms with Gasteiger partial charge in [0.05, 0.1) is 5.92 Å². The van der Waals surface area contributed by atoms with Crippen LogP contribution < -0.4 is 5.32 Å². The monoisotopic (exact) mass is 281 g/mol. The van der Waals surface area contributed by atoms with E-state index in [-0.39, 0.29) is 24.9 Å². The van der Waals surface area contributed by atoms with Crippen molar-refractivity contribution in [2.75, 3.05) is 12.4 Å². The number of amides is 1. The second-order valence-corrected chi connectivity index (χ2v) is 5.37. The average molecular weight is 281 g/mol. The third-order valence-corrected chi connectivity index (χ3v) is 4.23. The largest absolute Gasteiger partial charge is 0.480 e. The minimum Gasteiger partial charge on any atom is -0.480 e. The first kappa shape index (κ1) is 13.9. The fourth-order valence-corrected chi connectivity index (χ4v) is 3.27. The SMILES string of the molecule is O=C(N[C@H](CCO)C(=O)O)C1CSc2ccccc21. The molecule has 0 radical (unpaired) electrons. The van der Waals surface area contributed by atoms with Gasteiger partial charge in [-0.3, -0.25) is 4.79 Å². The summed E-state index contributed by atoms with van der Waals surface area (Å²) in [6.07, 6.45) is 0.0165. The van der Waals surface area contributed by atoms with Crippen LogP contribution in [-0.2, 0) is 9.59 Å². The Labute approximate surface area is 115 Å². The summed E-state index contributed by atoms with van der Waals surface area (Å²) in [6, 6.07) is 6.60. The Morgan fingerprint density at radius 3 is 2.84 bits per heavy atom. The van der Waals surface area contributed by atoms with E-state index in [0.717, 1.165) is 10.5 Å². The number of benzene rings is 1. The van der Waals surface area contributed by atoms with E-state index in [1.165, 1.54) is 0 Å². The van der Waals surface area contributed by atoms with Crippen molar-refractivity contribution >= 4 is 23.6 Å². The third kappa shape index (κ3) is 3.08. The quantitative estimate of drug-likeness (QED) is 0.744. The van der Waals surface area contributed by atoms with Crippen molar-refractivity contribution in [3.05, 3.63) is 29.8 Å². The molecule has 3 N–H and O–H groups in total. The molecule has 0 fully saturated rings. The molecule has 1 aliphatic heterocycles. The van der Waals surface area contributed by atoms with Gasteiger partial charge in [-0.15, -0.1) is 11.8 Å². The molecule has 1 unspecified atom stereocenters. The van der Waals surface area contributed by atoms with Gasteiger partial charge in [0.2, 0.25) is 5.91 Å². The lowest BCUT2D eigenvalue weighted by atomic mass is 10.00. The number of hydrogen-bond acceptors (Lipinski definition) is 4. The molecule has 0 saturated carbocycles. The lowest BCUT2D eigenvalue weighted by Gasteiger charge is -2.16. The van der Waals surface area contributed by atoms with Crippen LogP contribution in [0.1, 0.15) is 17.9 Å². The highest BCUT2D eigenvalue weighted by atomic mass is 32.2. The smallest absolute Gasteiger partial charge is 0.326 e. The van der Waals surface area contributed by atoms with Crippen LogP contribution in [0.4, 0.5) is 0 Å². The molecule has 19 heavy (non-hydrogen) atoms. The number of thioether (sulfide) groups is 1. The summed E-state index contributed by atoms with van der Waals surface area (Å²) < 4.78 is 0. The number of carbonyl (C=O) groups is 2. The highest BCUT2D eigenvalue weighted by Gasteiger charge is 2.31. The summed E-state index contributed by atoms with van der Waals surface area (Å²) in [5.41, 5.74) is 0.943. The molecule has 2 rings (SSSR count). The highest BCUT2D eigenvalue weighted by Crippen LogP contribution is 2.39. The van der Waals surface area contributed by atoms with Gasteiger partial charge in [0.25, 0.3) is 0 Å². The van der Waals surface area contributed by atoms with Gasteiger partial charge >= 0.3 is 5.97 Å². The number of aliphatic carboxylic acids is 1. The number of nitrogens with one attached hydrogen (secondary N) is 1. The van der Waals surface area contributed by atoms with Crippen LogP contribution in [0.5, 0.6) is 0 Å². The summed E-state index contributed by atoms with van der Waals surface area (Å²) in [6.45, 7) is -0.271. The van der Waals surface area contributed by atoms with E-state index >= 15 is 0 Å². The maximum Gasteiger partial charge on any atom is 0.326 e. The van der Waals surface area contributed by atoms with Crippen molar-refractivity contribution in [1.82, 2.24) is 5.32 Å². The predicted molar refractivity (Wildman–Crippen MR) is 71.2 cm³/mol. The average Bonchev–Trinajstić information content (AvgIpc) is 2.81. The maximum absolute atomic E-state index is 12.1. The molecule has 0 aliphatic carbocycles. The van der Waals surface area contributed by atoms with E-state index in [1.54, 1.807) is 11.8 Å². The first-order valence-electron chi connectivity index (χ1n) is 5.99. The van der Waals surface area contributed by atoms with Crippen LogP contribution in [-0.4, -0.2) is 40.5 Å². The number of aliphatic hydroxyl groups excluding tert-OH is 1. The van der Waals surface area contributed by atoms with Crippen molar-refractivity contribution < 1.29 is 19.8 Å². The molecule has 0 saturated heterocycles. The summed E-state index contributed by atoms with van der Waals surface area (Å²) >= 11 is 1.60. The molecule has 1 aromatic rings. The fraction of sp³-hybridized carbons (Fsp3) is 0.385. The second-order valence-electron chi connectivity index (χ2n) is 4.31. The molecule has 6 heteroatoms. The van der Waals surface area contributed by atoms with Crippen LogP contribution in [0.3, 0.4) is 0 Å². The van der Waals surface area contributed by atoms with Crippen LogP contribution in [0.25, 0.3) is 0 Å². The predicted octanol–water partition coefficient (Wildman–Crippen LogP) is 0.828. The van der Waals surface area contributed by atoms with Gasteiger partial charge in [-0.1, -0.05) is 18.2 Å². The van der Waals surface area contributed by atoms with Crippen molar-refractivity contribution in [2.45, 2.75) is 23.3 Å². The van der Waals surface area contributed by atoms with Crippen molar-refractivity contribution in [2.24, 2.45) is 0 Å². The van der Waals surface area contributed by atoms with E-state index < -0.39 is 12.0 Å². The van der Waals surface area contributed by atoms with Gasteiger partial charge < -0.3 is 15.5 Å². The van der Waals surface area contributed by atoms with Crippen LogP contribution in [0.2, 0.25) is 0 Å². The Morgan fingerprint density at radius 1 is 1.42 bits per heavy atom. The fourth-order valence-electron chi connectivity index (χ4n) is 2.04. The number of hydrogen-bond donors (Lipinski definition) is 3. The molecule has 1 heterocycles. The number of aliphatic hydroxyl groups is 1. The van der Waals surface area contributed by atoms with Crippen LogP contribution in [0.15, 0.2) is 29.2 Å².